The van der Waals surface area contributed by atoms with Gasteiger partial charge in [-0.3, -0.25) is 0 Å². The number of rotatable bonds is 5. The van der Waals surface area contributed by atoms with Crippen molar-refractivity contribution in [1.82, 2.24) is 4.57 Å². The van der Waals surface area contributed by atoms with Gasteiger partial charge in [-0.25, -0.2) is 4.79 Å². The zero-order valence-corrected chi connectivity index (χ0v) is 11.9. The molecule has 1 fully saturated rings. The van der Waals surface area contributed by atoms with Gasteiger partial charge in [0.15, 0.2) is 0 Å². The zero-order valence-electron chi connectivity index (χ0n) is 11.9. The summed E-state index contributed by atoms with van der Waals surface area (Å²) in [6, 6.07) is 7.95. The van der Waals surface area contributed by atoms with Crippen LogP contribution in [0.3, 0.4) is 0 Å². The van der Waals surface area contributed by atoms with Gasteiger partial charge in [0, 0.05) is 30.3 Å². The van der Waals surface area contributed by atoms with Crippen LogP contribution in [0.5, 0.6) is 0 Å². The Morgan fingerprint density at radius 1 is 1.30 bits per heavy atom. The lowest BCUT2D eigenvalue weighted by molar-refractivity contribution is 0.0601. The van der Waals surface area contributed by atoms with Crippen molar-refractivity contribution in [2.45, 2.75) is 25.3 Å². The van der Waals surface area contributed by atoms with Gasteiger partial charge < -0.3 is 14.0 Å². The van der Waals surface area contributed by atoms with Gasteiger partial charge in [-0.15, -0.1) is 0 Å². The maximum absolute atomic E-state index is 11.6. The lowest BCUT2D eigenvalue weighted by atomic mass is 10.1. The summed E-state index contributed by atoms with van der Waals surface area (Å²) in [4.78, 5) is 11.6. The van der Waals surface area contributed by atoms with Crippen LogP contribution in [-0.4, -0.2) is 31.4 Å². The van der Waals surface area contributed by atoms with E-state index in [-0.39, 0.29) is 5.97 Å². The zero-order chi connectivity index (χ0) is 14.1. The van der Waals surface area contributed by atoms with E-state index in [0.717, 1.165) is 17.4 Å². The average molecular weight is 273 g/mol. The Balaban J connectivity index is 2.05. The van der Waals surface area contributed by atoms with E-state index >= 15 is 0 Å². The number of esters is 1. The van der Waals surface area contributed by atoms with Crippen LogP contribution in [0.15, 0.2) is 24.3 Å². The van der Waals surface area contributed by atoms with E-state index < -0.39 is 0 Å². The Morgan fingerprint density at radius 3 is 2.75 bits per heavy atom. The van der Waals surface area contributed by atoms with Crippen molar-refractivity contribution < 1.29 is 14.3 Å². The van der Waals surface area contributed by atoms with Crippen LogP contribution < -0.4 is 0 Å². The van der Waals surface area contributed by atoms with Crippen molar-refractivity contribution in [3.63, 3.8) is 0 Å². The topological polar surface area (TPSA) is 40.5 Å². The molecule has 0 aliphatic heterocycles. The smallest absolute Gasteiger partial charge is 0.337 e. The molecule has 1 aliphatic carbocycles. The molecule has 1 aliphatic rings. The Morgan fingerprint density at radius 2 is 2.10 bits per heavy atom. The van der Waals surface area contributed by atoms with E-state index in [1.54, 1.807) is 7.11 Å². The third-order valence-electron chi connectivity index (χ3n) is 3.87. The monoisotopic (exact) mass is 273 g/mol. The summed E-state index contributed by atoms with van der Waals surface area (Å²) < 4.78 is 12.3. The molecule has 4 nitrogen and oxygen atoms in total. The Kier molecular flexibility index (Phi) is 3.49. The van der Waals surface area contributed by atoms with Crippen LogP contribution in [0.4, 0.5) is 0 Å². The summed E-state index contributed by atoms with van der Waals surface area (Å²) in [5, 5.41) is 1.10. The van der Waals surface area contributed by atoms with Crippen LogP contribution in [0.1, 0.15) is 34.8 Å². The third kappa shape index (κ3) is 2.31. The average Bonchev–Trinajstić information content (AvgIpc) is 3.25. The number of hydrogen-bond donors (Lipinski definition) is 0. The number of ether oxygens (including phenoxy) is 2. The number of methoxy groups -OCH3 is 2. The van der Waals surface area contributed by atoms with E-state index in [9.17, 15) is 4.79 Å². The number of benzene rings is 1. The highest BCUT2D eigenvalue weighted by Gasteiger charge is 2.27. The van der Waals surface area contributed by atoms with Crippen molar-refractivity contribution in [2.24, 2.45) is 0 Å². The van der Waals surface area contributed by atoms with Gasteiger partial charge in [-0.1, -0.05) is 0 Å². The maximum Gasteiger partial charge on any atom is 0.337 e. The van der Waals surface area contributed by atoms with Gasteiger partial charge in [0.25, 0.3) is 0 Å². The second-order valence-electron chi connectivity index (χ2n) is 5.25. The number of hydrogen-bond acceptors (Lipinski definition) is 3. The second kappa shape index (κ2) is 5.29. The standard InChI is InChI=1S/C16H19NO3/c1-19-8-7-17-14-6-5-12(16(18)20-2)9-13(14)10-15(17)11-3-4-11/h5-6,9-11H,3-4,7-8H2,1-2H3. The molecule has 1 heterocycles. The first-order valence-corrected chi connectivity index (χ1v) is 6.95. The van der Waals surface area contributed by atoms with Crippen molar-refractivity contribution in [1.29, 1.82) is 0 Å². The van der Waals surface area contributed by atoms with E-state index in [2.05, 4.69) is 10.6 Å². The fraction of sp³-hybridized carbons (Fsp3) is 0.438. The number of aromatic nitrogens is 1. The van der Waals surface area contributed by atoms with Crippen molar-refractivity contribution in [3.05, 3.63) is 35.5 Å². The molecule has 0 bridgehead atoms. The molecule has 106 valence electrons. The largest absolute Gasteiger partial charge is 0.465 e. The Labute approximate surface area is 118 Å². The number of fused-ring (bicyclic) bond motifs is 1. The molecule has 2 aromatic rings. The Bertz CT molecular complexity index is 640. The van der Waals surface area contributed by atoms with E-state index in [4.69, 9.17) is 9.47 Å². The minimum Gasteiger partial charge on any atom is -0.465 e. The summed E-state index contributed by atoms with van der Waals surface area (Å²) in [6.45, 7) is 1.55. The maximum atomic E-state index is 11.6. The summed E-state index contributed by atoms with van der Waals surface area (Å²) in [5.74, 6) is 0.380. The summed E-state index contributed by atoms with van der Waals surface area (Å²) in [6.07, 6.45) is 2.51. The summed E-state index contributed by atoms with van der Waals surface area (Å²) in [5.41, 5.74) is 3.13. The third-order valence-corrected chi connectivity index (χ3v) is 3.87. The molecule has 0 unspecified atom stereocenters. The number of carbonyl (C=O) groups is 1. The molecular weight excluding hydrogens is 254 g/mol. The summed E-state index contributed by atoms with van der Waals surface area (Å²) >= 11 is 0. The van der Waals surface area contributed by atoms with E-state index in [1.807, 2.05) is 18.2 Å². The molecular formula is C16H19NO3. The van der Waals surface area contributed by atoms with Crippen LogP contribution in [0.25, 0.3) is 10.9 Å². The first kappa shape index (κ1) is 13.2. The van der Waals surface area contributed by atoms with Gasteiger partial charge in [0.1, 0.15) is 0 Å². The van der Waals surface area contributed by atoms with Gasteiger partial charge in [-0.2, -0.15) is 0 Å². The van der Waals surface area contributed by atoms with Crippen molar-refractivity contribution in [3.8, 4) is 0 Å². The molecule has 0 N–H and O–H groups in total. The lowest BCUT2D eigenvalue weighted by Crippen LogP contribution is -2.07. The molecule has 0 radical (unpaired) electrons. The van der Waals surface area contributed by atoms with Gasteiger partial charge in [0.05, 0.1) is 19.3 Å². The van der Waals surface area contributed by atoms with Crippen LogP contribution in [-0.2, 0) is 16.0 Å². The molecule has 0 spiro atoms. The van der Waals surface area contributed by atoms with Crippen LogP contribution >= 0.6 is 0 Å². The van der Waals surface area contributed by atoms with Crippen LogP contribution in [0, 0.1) is 0 Å². The predicted molar refractivity (Wildman–Crippen MR) is 77.1 cm³/mol. The second-order valence-corrected chi connectivity index (χ2v) is 5.25. The highest BCUT2D eigenvalue weighted by atomic mass is 16.5. The van der Waals surface area contributed by atoms with Crippen molar-refractivity contribution in [2.75, 3.05) is 20.8 Å². The van der Waals surface area contributed by atoms with Gasteiger partial charge >= 0.3 is 5.97 Å². The molecule has 0 amide bonds. The SMILES string of the molecule is COCCn1c(C2CC2)cc2cc(C(=O)OC)ccc21. The highest BCUT2D eigenvalue weighted by molar-refractivity contribution is 5.95. The predicted octanol–water partition coefficient (Wildman–Crippen LogP) is 2.95. The minimum atomic E-state index is -0.287. The van der Waals surface area contributed by atoms with E-state index in [0.29, 0.717) is 18.1 Å². The normalized spacial score (nSPS) is 14.7. The molecule has 1 aromatic carbocycles. The quantitative estimate of drug-likeness (QED) is 0.786. The molecule has 1 aromatic heterocycles. The fourth-order valence-electron chi connectivity index (χ4n) is 2.69. The first-order chi connectivity index (χ1) is 9.74. The molecule has 3 rings (SSSR count). The lowest BCUT2D eigenvalue weighted by Gasteiger charge is -2.09. The molecule has 20 heavy (non-hydrogen) atoms. The minimum absolute atomic E-state index is 0.287. The fourth-order valence-corrected chi connectivity index (χ4v) is 2.69. The number of nitrogens with zero attached hydrogens (tertiary/aromatic N) is 1. The van der Waals surface area contributed by atoms with Crippen molar-refractivity contribution >= 4 is 16.9 Å². The first-order valence-electron chi connectivity index (χ1n) is 6.95. The molecule has 1 saturated carbocycles. The van der Waals surface area contributed by atoms with Crippen LogP contribution in [0.2, 0.25) is 0 Å². The van der Waals surface area contributed by atoms with E-state index in [1.165, 1.54) is 25.6 Å². The summed E-state index contributed by atoms with van der Waals surface area (Å²) in [7, 11) is 3.13. The van der Waals surface area contributed by atoms with Gasteiger partial charge in [-0.05, 0) is 43.0 Å². The molecule has 4 heteroatoms. The highest BCUT2D eigenvalue weighted by Crippen LogP contribution is 2.42. The Hall–Kier alpha value is -1.81. The molecule has 0 atom stereocenters. The van der Waals surface area contributed by atoms with Gasteiger partial charge in [0.2, 0.25) is 0 Å². The number of carbonyl (C=O) groups excluding carboxylic acids is 1. The molecule has 0 saturated heterocycles.